The van der Waals surface area contributed by atoms with Crippen molar-refractivity contribution in [1.82, 2.24) is 14.3 Å². The highest BCUT2D eigenvalue weighted by molar-refractivity contribution is 5.94. The molecule has 1 aliphatic heterocycles. The Hall–Kier alpha value is -2.67. The van der Waals surface area contributed by atoms with Crippen LogP contribution in [0.1, 0.15) is 17.4 Å². The molecule has 24 heavy (non-hydrogen) atoms. The number of amides is 1. The third kappa shape index (κ3) is 3.46. The largest absolute Gasteiger partial charge is 0.466 e. The first-order chi connectivity index (χ1) is 11.6. The summed E-state index contributed by atoms with van der Waals surface area (Å²) in [5.74, 6) is -0.794. The summed E-state index contributed by atoms with van der Waals surface area (Å²) in [5, 5.41) is 0. The number of nitrogens with zero attached hydrogens (tertiary/aromatic N) is 3. The lowest BCUT2D eigenvalue weighted by Gasteiger charge is -2.31. The predicted octanol–water partition coefficient (Wildman–Crippen LogP) is 1.27. The highest BCUT2D eigenvalue weighted by Gasteiger charge is 2.26. The molecule has 0 saturated carbocycles. The molecule has 1 saturated heterocycles. The molecule has 2 aromatic heterocycles. The molecule has 1 aliphatic rings. The minimum Gasteiger partial charge on any atom is -0.466 e. The van der Waals surface area contributed by atoms with E-state index >= 15 is 0 Å². The lowest BCUT2D eigenvalue weighted by molar-refractivity contribution is -0.136. The summed E-state index contributed by atoms with van der Waals surface area (Å²) in [6.07, 6.45) is 5.93. The fraction of sp³-hybridized carbons (Fsp3) is 0.353. The second-order valence-electron chi connectivity index (χ2n) is 5.64. The zero-order valence-corrected chi connectivity index (χ0v) is 13.6. The van der Waals surface area contributed by atoms with E-state index in [2.05, 4.69) is 9.72 Å². The molecule has 1 amide bonds. The molecule has 7 heteroatoms. The SMILES string of the molecule is COC(=O)/C=C/C(=O)N1CCOC(c2cn3ccc(C)cc3n2)C1. The first-order valence-corrected chi connectivity index (χ1v) is 7.68. The zero-order chi connectivity index (χ0) is 17.1. The second-order valence-corrected chi connectivity index (χ2v) is 5.64. The van der Waals surface area contributed by atoms with E-state index in [-0.39, 0.29) is 12.0 Å². The molecule has 3 rings (SSSR count). The van der Waals surface area contributed by atoms with Crippen molar-refractivity contribution in [3.63, 3.8) is 0 Å². The molecule has 0 spiro atoms. The number of aryl methyl sites for hydroxylation is 1. The van der Waals surface area contributed by atoms with E-state index < -0.39 is 5.97 Å². The van der Waals surface area contributed by atoms with Crippen LogP contribution in [0.4, 0.5) is 0 Å². The van der Waals surface area contributed by atoms with Gasteiger partial charge in [0.05, 0.1) is 26.0 Å². The van der Waals surface area contributed by atoms with Gasteiger partial charge in [-0.2, -0.15) is 0 Å². The second kappa shape index (κ2) is 6.84. The number of methoxy groups -OCH3 is 1. The summed E-state index contributed by atoms with van der Waals surface area (Å²) in [6.45, 7) is 3.31. The van der Waals surface area contributed by atoms with E-state index in [0.717, 1.165) is 23.0 Å². The summed E-state index contributed by atoms with van der Waals surface area (Å²) in [6, 6.07) is 4.00. The monoisotopic (exact) mass is 329 g/mol. The molecule has 0 bridgehead atoms. The number of carbonyl (C=O) groups is 2. The average molecular weight is 329 g/mol. The number of aromatic nitrogens is 2. The smallest absolute Gasteiger partial charge is 0.330 e. The van der Waals surface area contributed by atoms with Crippen LogP contribution in [0.3, 0.4) is 0 Å². The number of imidazole rings is 1. The van der Waals surface area contributed by atoms with Gasteiger partial charge in [0.15, 0.2) is 0 Å². The van der Waals surface area contributed by atoms with Gasteiger partial charge in [0.25, 0.3) is 0 Å². The average Bonchev–Trinajstić information content (AvgIpc) is 3.02. The molecule has 0 aromatic carbocycles. The molecule has 1 fully saturated rings. The van der Waals surface area contributed by atoms with Gasteiger partial charge in [-0.05, 0) is 24.6 Å². The molecule has 2 aromatic rings. The maximum atomic E-state index is 12.2. The summed E-state index contributed by atoms with van der Waals surface area (Å²) in [5.41, 5.74) is 2.77. The Kier molecular flexibility index (Phi) is 4.61. The van der Waals surface area contributed by atoms with Crippen molar-refractivity contribution in [2.45, 2.75) is 13.0 Å². The van der Waals surface area contributed by atoms with E-state index in [0.29, 0.717) is 19.7 Å². The van der Waals surface area contributed by atoms with Gasteiger partial charge < -0.3 is 18.8 Å². The fourth-order valence-electron chi connectivity index (χ4n) is 2.60. The van der Waals surface area contributed by atoms with Gasteiger partial charge in [-0.25, -0.2) is 9.78 Å². The quantitative estimate of drug-likeness (QED) is 0.626. The van der Waals surface area contributed by atoms with Gasteiger partial charge in [0.1, 0.15) is 11.8 Å². The highest BCUT2D eigenvalue weighted by Crippen LogP contribution is 2.22. The molecule has 1 atom stereocenters. The van der Waals surface area contributed by atoms with E-state index in [4.69, 9.17) is 4.74 Å². The molecule has 7 nitrogen and oxygen atoms in total. The van der Waals surface area contributed by atoms with Crippen LogP contribution < -0.4 is 0 Å². The molecule has 126 valence electrons. The summed E-state index contributed by atoms with van der Waals surface area (Å²) in [4.78, 5) is 29.5. The van der Waals surface area contributed by atoms with Crippen molar-refractivity contribution >= 4 is 17.5 Å². The highest BCUT2D eigenvalue weighted by atomic mass is 16.5. The Morgan fingerprint density at radius 2 is 2.25 bits per heavy atom. The van der Waals surface area contributed by atoms with Crippen molar-refractivity contribution in [1.29, 1.82) is 0 Å². The molecule has 0 aliphatic carbocycles. The summed E-state index contributed by atoms with van der Waals surface area (Å²) >= 11 is 0. The zero-order valence-electron chi connectivity index (χ0n) is 13.6. The Morgan fingerprint density at radius 3 is 3.04 bits per heavy atom. The van der Waals surface area contributed by atoms with E-state index in [1.165, 1.54) is 13.2 Å². The number of esters is 1. The number of morpholine rings is 1. The number of pyridine rings is 1. The molecule has 1 unspecified atom stereocenters. The molecular formula is C17H19N3O4. The Bertz CT molecular complexity index is 796. The Balaban J connectivity index is 1.73. The normalized spacial score (nSPS) is 18.2. The lowest BCUT2D eigenvalue weighted by Crippen LogP contribution is -2.41. The van der Waals surface area contributed by atoms with Crippen LogP contribution in [-0.2, 0) is 19.1 Å². The summed E-state index contributed by atoms with van der Waals surface area (Å²) in [7, 11) is 1.27. The lowest BCUT2D eigenvalue weighted by atomic mass is 10.2. The van der Waals surface area contributed by atoms with Crippen LogP contribution in [0.5, 0.6) is 0 Å². The first kappa shape index (κ1) is 16.2. The van der Waals surface area contributed by atoms with Gasteiger partial charge in [-0.15, -0.1) is 0 Å². The van der Waals surface area contributed by atoms with Crippen LogP contribution in [-0.4, -0.2) is 53.0 Å². The molecule has 0 N–H and O–H groups in total. The number of hydrogen-bond acceptors (Lipinski definition) is 5. The topological polar surface area (TPSA) is 73.1 Å². The van der Waals surface area contributed by atoms with Crippen LogP contribution in [0.15, 0.2) is 36.7 Å². The van der Waals surface area contributed by atoms with Crippen molar-refractivity contribution in [3.05, 3.63) is 47.9 Å². The maximum absolute atomic E-state index is 12.2. The van der Waals surface area contributed by atoms with Gasteiger partial charge in [0.2, 0.25) is 5.91 Å². The van der Waals surface area contributed by atoms with Crippen LogP contribution >= 0.6 is 0 Å². The van der Waals surface area contributed by atoms with Crippen molar-refractivity contribution in [3.8, 4) is 0 Å². The van der Waals surface area contributed by atoms with Gasteiger partial charge in [0, 0.05) is 31.1 Å². The van der Waals surface area contributed by atoms with Crippen molar-refractivity contribution < 1.29 is 19.1 Å². The minimum absolute atomic E-state index is 0.242. The number of fused-ring (bicyclic) bond motifs is 1. The first-order valence-electron chi connectivity index (χ1n) is 7.68. The fourth-order valence-corrected chi connectivity index (χ4v) is 2.60. The molecule has 3 heterocycles. The Morgan fingerprint density at radius 1 is 1.42 bits per heavy atom. The van der Waals surface area contributed by atoms with E-state index in [1.54, 1.807) is 4.90 Å². The number of carbonyl (C=O) groups excluding carboxylic acids is 2. The van der Waals surface area contributed by atoms with E-state index in [9.17, 15) is 9.59 Å². The van der Waals surface area contributed by atoms with Crippen LogP contribution in [0.25, 0.3) is 5.65 Å². The van der Waals surface area contributed by atoms with Gasteiger partial charge in [-0.1, -0.05) is 0 Å². The van der Waals surface area contributed by atoms with E-state index in [1.807, 2.05) is 35.9 Å². The minimum atomic E-state index is -0.552. The van der Waals surface area contributed by atoms with Crippen molar-refractivity contribution in [2.24, 2.45) is 0 Å². The van der Waals surface area contributed by atoms with Gasteiger partial charge >= 0.3 is 5.97 Å². The standard InChI is InChI=1S/C17H19N3O4/c1-12-5-6-19-10-13(18-15(19)9-12)14-11-20(7-8-24-14)16(21)3-4-17(22)23-2/h3-6,9-10,14H,7-8,11H2,1-2H3/b4-3+. The Labute approximate surface area is 139 Å². The van der Waals surface area contributed by atoms with Crippen LogP contribution in [0.2, 0.25) is 0 Å². The third-order valence-corrected chi connectivity index (χ3v) is 3.91. The summed E-state index contributed by atoms with van der Waals surface area (Å²) < 4.78 is 12.2. The van der Waals surface area contributed by atoms with Crippen LogP contribution in [0, 0.1) is 6.92 Å². The maximum Gasteiger partial charge on any atom is 0.330 e. The number of rotatable bonds is 3. The third-order valence-electron chi connectivity index (χ3n) is 3.91. The van der Waals surface area contributed by atoms with Crippen molar-refractivity contribution in [2.75, 3.05) is 26.8 Å². The number of ether oxygens (including phenoxy) is 2. The predicted molar refractivity (Wildman–Crippen MR) is 86.4 cm³/mol. The molecule has 0 radical (unpaired) electrons. The van der Waals surface area contributed by atoms with Gasteiger partial charge in [-0.3, -0.25) is 4.79 Å². The number of hydrogen-bond donors (Lipinski definition) is 0. The molecular weight excluding hydrogens is 310 g/mol.